The normalized spacial score (nSPS) is 15.6. The second-order valence-electron chi connectivity index (χ2n) is 6.81. The third kappa shape index (κ3) is 5.22. The quantitative estimate of drug-likeness (QED) is 0.632. The number of aromatic nitrogens is 1. The van der Waals surface area contributed by atoms with Gasteiger partial charge in [0.1, 0.15) is 5.82 Å². The van der Waals surface area contributed by atoms with E-state index in [1.807, 2.05) is 18.3 Å². The summed E-state index contributed by atoms with van der Waals surface area (Å²) in [5.74, 6) is 1.50. The summed E-state index contributed by atoms with van der Waals surface area (Å²) in [5, 5.41) is 3.16. The molecule has 1 fully saturated rings. The van der Waals surface area contributed by atoms with E-state index < -0.39 is 0 Å². The lowest BCUT2D eigenvalue weighted by atomic mass is 10.1. The molecule has 0 saturated carbocycles. The van der Waals surface area contributed by atoms with E-state index in [1.165, 1.54) is 31.2 Å². The molecular formula is C21H29N5. The Bertz CT molecular complexity index is 715. The van der Waals surface area contributed by atoms with Gasteiger partial charge in [-0.1, -0.05) is 38.0 Å². The summed E-state index contributed by atoms with van der Waals surface area (Å²) in [6.45, 7) is 4.88. The molecule has 138 valence electrons. The maximum absolute atomic E-state index is 6.02. The minimum Gasteiger partial charge on any atom is -0.370 e. The van der Waals surface area contributed by atoms with Crippen LogP contribution in [0.5, 0.6) is 0 Å². The van der Waals surface area contributed by atoms with Crippen LogP contribution in [-0.4, -0.2) is 24.0 Å². The minimum atomic E-state index is 0.426. The third-order valence-corrected chi connectivity index (χ3v) is 4.78. The Balaban J connectivity index is 1.57. The molecule has 0 spiro atoms. The highest BCUT2D eigenvalue weighted by Crippen LogP contribution is 2.17. The van der Waals surface area contributed by atoms with Crippen LogP contribution in [0.2, 0.25) is 0 Å². The van der Waals surface area contributed by atoms with E-state index in [0.29, 0.717) is 12.5 Å². The largest absolute Gasteiger partial charge is 0.370 e. The molecule has 2 aromatic rings. The summed E-state index contributed by atoms with van der Waals surface area (Å²) in [6, 6.07) is 12.4. The van der Waals surface area contributed by atoms with Gasteiger partial charge in [-0.2, -0.15) is 0 Å². The van der Waals surface area contributed by atoms with E-state index in [-0.39, 0.29) is 0 Å². The van der Waals surface area contributed by atoms with E-state index in [9.17, 15) is 0 Å². The van der Waals surface area contributed by atoms with E-state index in [4.69, 9.17) is 5.73 Å². The molecule has 1 saturated heterocycles. The predicted molar refractivity (Wildman–Crippen MR) is 110 cm³/mol. The molecule has 1 aliphatic heterocycles. The lowest BCUT2D eigenvalue weighted by Gasteiger charge is -2.21. The number of benzene rings is 1. The fourth-order valence-electron chi connectivity index (χ4n) is 3.23. The second-order valence-corrected chi connectivity index (χ2v) is 6.81. The molecule has 0 radical (unpaired) electrons. The molecule has 2 heterocycles. The molecule has 1 aromatic heterocycles. The van der Waals surface area contributed by atoms with Crippen molar-refractivity contribution in [2.75, 3.05) is 23.3 Å². The SMILES string of the molecule is CCc1cccc(NC(N)=NCc2ccc(N3CCCCCC3)nc2)c1. The van der Waals surface area contributed by atoms with Gasteiger partial charge in [-0.15, -0.1) is 0 Å². The van der Waals surface area contributed by atoms with Crippen LogP contribution in [0.25, 0.3) is 0 Å². The summed E-state index contributed by atoms with van der Waals surface area (Å²) in [4.78, 5) is 11.4. The summed E-state index contributed by atoms with van der Waals surface area (Å²) >= 11 is 0. The molecular weight excluding hydrogens is 322 g/mol. The first kappa shape index (κ1) is 18.2. The third-order valence-electron chi connectivity index (χ3n) is 4.78. The Labute approximate surface area is 156 Å². The van der Waals surface area contributed by atoms with Gasteiger partial charge in [0.05, 0.1) is 6.54 Å². The Morgan fingerprint density at radius 3 is 2.62 bits per heavy atom. The lowest BCUT2D eigenvalue weighted by molar-refractivity contribution is 0.726. The Hall–Kier alpha value is -2.56. The van der Waals surface area contributed by atoms with E-state index >= 15 is 0 Å². The predicted octanol–water partition coefficient (Wildman–Crippen LogP) is 3.95. The molecule has 1 aliphatic rings. The van der Waals surface area contributed by atoms with Crippen LogP contribution in [-0.2, 0) is 13.0 Å². The summed E-state index contributed by atoms with van der Waals surface area (Å²) in [5.41, 5.74) is 9.33. The van der Waals surface area contributed by atoms with Crippen molar-refractivity contribution >= 4 is 17.5 Å². The van der Waals surface area contributed by atoms with E-state index in [1.54, 1.807) is 0 Å². The average Bonchev–Trinajstić information content (AvgIpc) is 2.96. The van der Waals surface area contributed by atoms with Gasteiger partial charge in [0.2, 0.25) is 0 Å². The van der Waals surface area contributed by atoms with Crippen molar-refractivity contribution < 1.29 is 0 Å². The van der Waals surface area contributed by atoms with Crippen molar-refractivity contribution in [2.45, 2.75) is 45.6 Å². The van der Waals surface area contributed by atoms with Gasteiger partial charge >= 0.3 is 0 Å². The fraction of sp³-hybridized carbons (Fsp3) is 0.429. The van der Waals surface area contributed by atoms with Crippen molar-refractivity contribution in [3.8, 4) is 0 Å². The Morgan fingerprint density at radius 2 is 1.92 bits per heavy atom. The van der Waals surface area contributed by atoms with Gasteiger partial charge in [0.15, 0.2) is 5.96 Å². The zero-order valence-electron chi connectivity index (χ0n) is 15.6. The molecule has 0 aliphatic carbocycles. The molecule has 3 rings (SSSR count). The summed E-state index contributed by atoms with van der Waals surface area (Å²) in [7, 11) is 0. The Kier molecular flexibility index (Phi) is 6.47. The maximum Gasteiger partial charge on any atom is 0.193 e. The molecule has 0 bridgehead atoms. The van der Waals surface area contributed by atoms with Crippen molar-refractivity contribution in [1.82, 2.24) is 4.98 Å². The molecule has 5 nitrogen and oxygen atoms in total. The number of nitrogens with two attached hydrogens (primary N) is 1. The van der Waals surface area contributed by atoms with Gasteiger partial charge in [0.25, 0.3) is 0 Å². The Morgan fingerprint density at radius 1 is 1.12 bits per heavy atom. The maximum atomic E-state index is 6.02. The number of rotatable bonds is 5. The number of nitrogens with zero attached hydrogens (tertiary/aromatic N) is 3. The zero-order valence-corrected chi connectivity index (χ0v) is 15.6. The van der Waals surface area contributed by atoms with Gasteiger partial charge in [-0.3, -0.25) is 0 Å². The highest BCUT2D eigenvalue weighted by Gasteiger charge is 2.10. The number of anilines is 2. The molecule has 5 heteroatoms. The highest BCUT2D eigenvalue weighted by molar-refractivity contribution is 5.92. The number of guanidine groups is 1. The first-order chi connectivity index (χ1) is 12.7. The number of pyridine rings is 1. The smallest absolute Gasteiger partial charge is 0.193 e. The summed E-state index contributed by atoms with van der Waals surface area (Å²) < 4.78 is 0. The van der Waals surface area contributed by atoms with Crippen LogP contribution in [0.3, 0.4) is 0 Å². The minimum absolute atomic E-state index is 0.426. The van der Waals surface area contributed by atoms with Gasteiger partial charge in [-0.25, -0.2) is 9.98 Å². The first-order valence-electron chi connectivity index (χ1n) is 9.60. The van der Waals surface area contributed by atoms with Crippen LogP contribution >= 0.6 is 0 Å². The molecule has 0 unspecified atom stereocenters. The van der Waals surface area contributed by atoms with Crippen LogP contribution < -0.4 is 16.0 Å². The molecule has 3 N–H and O–H groups in total. The number of nitrogens with one attached hydrogen (secondary N) is 1. The molecule has 1 aromatic carbocycles. The molecule has 0 atom stereocenters. The van der Waals surface area contributed by atoms with E-state index in [0.717, 1.165) is 36.6 Å². The molecule has 0 amide bonds. The number of aryl methyl sites for hydroxylation is 1. The van der Waals surface area contributed by atoms with Crippen LogP contribution in [0.1, 0.15) is 43.7 Å². The molecule has 26 heavy (non-hydrogen) atoms. The van der Waals surface area contributed by atoms with Crippen molar-refractivity contribution in [2.24, 2.45) is 10.7 Å². The van der Waals surface area contributed by atoms with Gasteiger partial charge in [-0.05, 0) is 48.6 Å². The monoisotopic (exact) mass is 351 g/mol. The zero-order chi connectivity index (χ0) is 18.2. The lowest BCUT2D eigenvalue weighted by Crippen LogP contribution is -2.24. The highest BCUT2D eigenvalue weighted by atomic mass is 15.2. The van der Waals surface area contributed by atoms with Crippen molar-refractivity contribution in [1.29, 1.82) is 0 Å². The number of hydrogen-bond acceptors (Lipinski definition) is 3. The van der Waals surface area contributed by atoms with Crippen LogP contribution in [0.4, 0.5) is 11.5 Å². The van der Waals surface area contributed by atoms with Gasteiger partial charge < -0.3 is 16.0 Å². The average molecular weight is 351 g/mol. The van der Waals surface area contributed by atoms with Crippen molar-refractivity contribution in [3.63, 3.8) is 0 Å². The van der Waals surface area contributed by atoms with Crippen LogP contribution in [0.15, 0.2) is 47.6 Å². The van der Waals surface area contributed by atoms with Gasteiger partial charge in [0, 0.05) is 25.0 Å². The topological polar surface area (TPSA) is 66.5 Å². The van der Waals surface area contributed by atoms with Crippen molar-refractivity contribution in [3.05, 3.63) is 53.7 Å². The fourth-order valence-corrected chi connectivity index (χ4v) is 3.23. The van der Waals surface area contributed by atoms with E-state index in [2.05, 4.69) is 51.4 Å². The van der Waals surface area contributed by atoms with Crippen LogP contribution in [0, 0.1) is 0 Å². The number of aliphatic imine (C=N–C) groups is 1. The number of hydrogen-bond donors (Lipinski definition) is 2. The first-order valence-corrected chi connectivity index (χ1v) is 9.60. The standard InChI is InChI=1S/C21H29N5/c1-2-17-8-7-9-19(14-17)25-21(22)24-16-18-10-11-20(23-15-18)26-12-5-3-4-6-13-26/h7-11,14-15H,2-6,12-13,16H2,1H3,(H3,22,24,25). The summed E-state index contributed by atoms with van der Waals surface area (Å²) in [6.07, 6.45) is 8.09. The second kappa shape index (κ2) is 9.22.